The van der Waals surface area contributed by atoms with Gasteiger partial charge in [-0.05, 0) is 19.0 Å². The molecule has 1 radical (unpaired) electrons. The van der Waals surface area contributed by atoms with Gasteiger partial charge in [-0.25, -0.2) is 0 Å². The zero-order chi connectivity index (χ0) is 8.74. The summed E-state index contributed by atoms with van der Waals surface area (Å²) >= 11 is 0. The van der Waals surface area contributed by atoms with Crippen molar-refractivity contribution in [3.63, 3.8) is 0 Å². The molecule has 0 unspecified atom stereocenters. The average Bonchev–Trinajstić information content (AvgIpc) is 2.05. The first-order valence-corrected chi connectivity index (χ1v) is 6.16. The second-order valence-electron chi connectivity index (χ2n) is 2.54. The molecule has 0 amide bonds. The molecule has 0 aromatic carbocycles. The predicted octanol–water partition coefficient (Wildman–Crippen LogP) is 1.24. The lowest BCUT2D eigenvalue weighted by Crippen LogP contribution is -2.35. The quantitative estimate of drug-likeness (QED) is 0.450. The maximum absolute atomic E-state index is 9.88. The van der Waals surface area contributed by atoms with Gasteiger partial charge in [-0.3, -0.25) is 4.79 Å². The van der Waals surface area contributed by atoms with Crippen LogP contribution in [-0.4, -0.2) is 29.1 Å². The molecule has 0 heterocycles. The molecule has 0 N–H and O–H groups in total. The molecule has 11 heavy (non-hydrogen) atoms. The van der Waals surface area contributed by atoms with Crippen LogP contribution in [0.15, 0.2) is 0 Å². The van der Waals surface area contributed by atoms with E-state index in [1.807, 2.05) is 12.8 Å². The van der Waals surface area contributed by atoms with Crippen LogP contribution in [0.1, 0.15) is 12.8 Å². The summed E-state index contributed by atoms with van der Waals surface area (Å²) in [5.74, 6) is 0. The Hall–Kier alpha value is -0.193. The van der Waals surface area contributed by atoms with Crippen molar-refractivity contribution in [2.45, 2.75) is 25.4 Å². The molecule has 0 fully saturated rings. The van der Waals surface area contributed by atoms with Crippen LogP contribution in [0.25, 0.3) is 0 Å². The molecule has 0 aliphatic rings. The number of carbonyl (C=O) groups excluding carboxylic acids is 1. The number of hydrogen-bond donors (Lipinski definition) is 0. The van der Waals surface area contributed by atoms with Gasteiger partial charge in [0.25, 0.3) is 0 Å². The summed E-state index contributed by atoms with van der Waals surface area (Å²) in [4.78, 5) is 9.88. The number of unbranched alkanes of at least 4 members (excludes halogenated alkanes) is 1. The van der Waals surface area contributed by atoms with Crippen LogP contribution in [0.3, 0.4) is 0 Å². The lowest BCUT2D eigenvalue weighted by Gasteiger charge is -2.21. The highest BCUT2D eigenvalue weighted by Gasteiger charge is 2.27. The largest absolute Gasteiger partial charge is 0.398 e. The fourth-order valence-corrected chi connectivity index (χ4v) is 2.16. The van der Waals surface area contributed by atoms with Crippen molar-refractivity contribution >= 4 is 14.8 Å². The van der Waals surface area contributed by atoms with Crippen molar-refractivity contribution in [1.29, 1.82) is 0 Å². The Balaban J connectivity index is 3.59. The zero-order valence-electron chi connectivity index (χ0n) is 7.35. The maximum atomic E-state index is 9.88. The van der Waals surface area contributed by atoms with Gasteiger partial charge in [-0.1, -0.05) is 0 Å². The Morgan fingerprint density at radius 3 is 2.27 bits per heavy atom. The highest BCUT2D eigenvalue weighted by molar-refractivity contribution is 6.65. The molecule has 65 valence electrons. The van der Waals surface area contributed by atoms with E-state index in [0.717, 1.165) is 12.5 Å². The molecule has 0 aromatic rings. The molecule has 0 aliphatic carbocycles. The second kappa shape index (κ2) is 5.46. The van der Waals surface area contributed by atoms with Crippen molar-refractivity contribution in [2.24, 2.45) is 0 Å². The molecule has 3 nitrogen and oxygen atoms in total. The van der Waals surface area contributed by atoms with Crippen molar-refractivity contribution < 1.29 is 13.6 Å². The van der Waals surface area contributed by atoms with E-state index in [4.69, 9.17) is 8.85 Å². The van der Waals surface area contributed by atoms with E-state index in [2.05, 4.69) is 0 Å². The highest BCUT2D eigenvalue weighted by Crippen LogP contribution is 2.14. The summed E-state index contributed by atoms with van der Waals surface area (Å²) in [5, 5.41) is 0. The third-order valence-corrected chi connectivity index (χ3v) is 4.76. The van der Waals surface area contributed by atoms with Crippen molar-refractivity contribution in [1.82, 2.24) is 0 Å². The Morgan fingerprint density at radius 2 is 1.91 bits per heavy atom. The van der Waals surface area contributed by atoms with E-state index in [9.17, 15) is 4.79 Å². The van der Waals surface area contributed by atoms with Gasteiger partial charge in [-0.15, -0.1) is 0 Å². The highest BCUT2D eigenvalue weighted by atomic mass is 28.4. The first kappa shape index (κ1) is 10.8. The van der Waals surface area contributed by atoms with E-state index >= 15 is 0 Å². The zero-order valence-corrected chi connectivity index (χ0v) is 8.35. The molecule has 0 rings (SSSR count). The van der Waals surface area contributed by atoms with Gasteiger partial charge >= 0.3 is 8.56 Å². The normalized spacial score (nSPS) is 11.5. The Kier molecular flexibility index (Phi) is 5.36. The van der Waals surface area contributed by atoms with Gasteiger partial charge in [0.2, 0.25) is 0 Å². The van der Waals surface area contributed by atoms with E-state index in [-0.39, 0.29) is 0 Å². The number of rotatable bonds is 6. The van der Waals surface area contributed by atoms with Gasteiger partial charge < -0.3 is 8.85 Å². The molecule has 0 aliphatic heterocycles. The summed E-state index contributed by atoms with van der Waals surface area (Å²) in [6.45, 7) is 1.98. The molecule has 0 saturated heterocycles. The van der Waals surface area contributed by atoms with Gasteiger partial charge in [0, 0.05) is 20.6 Å². The monoisotopic (exact) mass is 175 g/mol. The van der Waals surface area contributed by atoms with Crippen molar-refractivity contribution in [2.75, 3.05) is 14.2 Å². The summed E-state index contributed by atoms with van der Waals surface area (Å²) in [6, 6.07) is 0.856. The minimum Gasteiger partial charge on any atom is -0.398 e. The third kappa shape index (κ3) is 4.29. The summed E-state index contributed by atoms with van der Waals surface area (Å²) in [5.41, 5.74) is 0. The summed E-state index contributed by atoms with van der Waals surface area (Å²) < 4.78 is 10.4. The Morgan fingerprint density at radius 1 is 1.36 bits per heavy atom. The molecule has 0 atom stereocenters. The minimum atomic E-state index is -1.91. The van der Waals surface area contributed by atoms with Crippen LogP contribution in [0, 0.1) is 0 Å². The average molecular weight is 175 g/mol. The first-order valence-electron chi connectivity index (χ1n) is 3.64. The van der Waals surface area contributed by atoms with Crippen LogP contribution in [0.5, 0.6) is 0 Å². The molecule has 0 spiro atoms. The molecular weight excluding hydrogens is 160 g/mol. The van der Waals surface area contributed by atoms with Crippen molar-refractivity contribution in [3.8, 4) is 0 Å². The topological polar surface area (TPSA) is 35.5 Å². The third-order valence-electron chi connectivity index (χ3n) is 1.77. The minimum absolute atomic E-state index is 0.481. The van der Waals surface area contributed by atoms with Crippen LogP contribution in [-0.2, 0) is 13.6 Å². The van der Waals surface area contributed by atoms with Gasteiger partial charge in [-0.2, -0.15) is 0 Å². The van der Waals surface area contributed by atoms with Gasteiger partial charge in [0.1, 0.15) is 0 Å². The summed E-state index contributed by atoms with van der Waals surface area (Å²) in [6.07, 6.45) is 3.14. The maximum Gasteiger partial charge on any atom is 0.334 e. The van der Waals surface area contributed by atoms with Gasteiger partial charge in [0.15, 0.2) is 6.29 Å². The molecular formula is C7H15O3Si. The van der Waals surface area contributed by atoms with Crippen LogP contribution in [0.4, 0.5) is 0 Å². The second-order valence-corrected chi connectivity index (χ2v) is 6.12. The number of hydrogen-bond acceptors (Lipinski definition) is 3. The van der Waals surface area contributed by atoms with Crippen molar-refractivity contribution in [3.05, 3.63) is 0 Å². The molecule has 0 bridgehead atoms. The Bertz CT molecular complexity index is 112. The first-order chi connectivity index (χ1) is 5.18. The smallest absolute Gasteiger partial charge is 0.334 e. The van der Waals surface area contributed by atoms with Crippen LogP contribution in [0.2, 0.25) is 12.6 Å². The van der Waals surface area contributed by atoms with Gasteiger partial charge in [0.05, 0.1) is 0 Å². The van der Waals surface area contributed by atoms with E-state index < -0.39 is 8.56 Å². The molecule has 0 saturated carbocycles. The fraction of sp³-hybridized carbons (Fsp3) is 0.857. The predicted molar refractivity (Wildman–Crippen MR) is 45.4 cm³/mol. The molecule has 0 aromatic heterocycles. The van der Waals surface area contributed by atoms with E-state index in [1.165, 1.54) is 0 Å². The summed E-state index contributed by atoms with van der Waals surface area (Å²) in [7, 11) is 1.39. The van der Waals surface area contributed by atoms with E-state index in [0.29, 0.717) is 6.42 Å². The van der Waals surface area contributed by atoms with Crippen LogP contribution >= 0.6 is 0 Å². The Labute approximate surface area is 68.9 Å². The lowest BCUT2D eigenvalue weighted by atomic mass is 10.4. The molecule has 4 heteroatoms. The fourth-order valence-electron chi connectivity index (χ4n) is 0.769. The van der Waals surface area contributed by atoms with Crippen LogP contribution < -0.4 is 0 Å². The SMILES string of the molecule is CO[Si](C)(CCC[C]=O)OC. The van der Waals surface area contributed by atoms with E-state index in [1.54, 1.807) is 14.2 Å². The lowest BCUT2D eigenvalue weighted by molar-refractivity contribution is 0.249. The standard InChI is InChI=1S/C7H15O3Si/c1-9-11(3,10-2)7-5-4-6-8/h4-5,7H2,1-3H3.